The molecule has 0 radical (unpaired) electrons. The topological polar surface area (TPSA) is 77.0 Å². The lowest BCUT2D eigenvalue weighted by Crippen LogP contribution is -2.61. The first-order valence-corrected chi connectivity index (χ1v) is 8.55. The quantitative estimate of drug-likeness (QED) is 0.539. The maximum Gasteiger partial charge on any atom is 0.375 e. The minimum absolute atomic E-state index is 0.119. The zero-order valence-corrected chi connectivity index (χ0v) is 15.8. The van der Waals surface area contributed by atoms with Gasteiger partial charge in [0.25, 0.3) is 0 Å². The first-order valence-electron chi connectivity index (χ1n) is 8.55. The molecule has 0 aromatic heterocycles. The number of rotatable bonds is 6. The van der Waals surface area contributed by atoms with Crippen LogP contribution in [0, 0.1) is 0 Å². The van der Waals surface area contributed by atoms with Gasteiger partial charge in [-0.25, -0.2) is 8.78 Å². The normalized spacial score (nSPS) is 20.0. The predicted octanol–water partition coefficient (Wildman–Crippen LogP) is 3.86. The molecule has 0 saturated carbocycles. The van der Waals surface area contributed by atoms with Crippen LogP contribution in [0.2, 0.25) is 0 Å². The van der Waals surface area contributed by atoms with Crippen LogP contribution in [-0.4, -0.2) is 43.2 Å². The fourth-order valence-electron chi connectivity index (χ4n) is 2.82. The fraction of sp³-hybridized carbons (Fsp3) is 0.250. The highest BCUT2D eigenvalue weighted by molar-refractivity contribution is 6.13. The van der Waals surface area contributed by atoms with Gasteiger partial charge in [-0.05, 0) is 36.4 Å². The van der Waals surface area contributed by atoms with Crippen molar-refractivity contribution in [2.75, 3.05) is 19.5 Å². The van der Waals surface area contributed by atoms with Crippen LogP contribution in [0.25, 0.3) is 0 Å². The average Bonchev–Trinajstić information content (AvgIpc) is 2.73. The molecule has 1 aliphatic heterocycles. The Morgan fingerprint density at radius 3 is 2.27 bits per heavy atom. The summed E-state index contributed by atoms with van der Waals surface area (Å²) in [6, 6.07) is 9.71. The van der Waals surface area contributed by atoms with Crippen molar-refractivity contribution in [3.63, 3.8) is 0 Å². The molecule has 1 unspecified atom stereocenters. The number of Topliss-reactive ketones (excluding diaryl/α,β-unsaturated/α-hetero) is 1. The number of ketones is 1. The van der Waals surface area contributed by atoms with Crippen LogP contribution in [-0.2, 0) is 0 Å². The smallest absolute Gasteiger partial charge is 0.375 e. The number of carbonyl (C=O) groups excluding carboxylic acids is 1. The summed E-state index contributed by atoms with van der Waals surface area (Å²) in [6.45, 7) is 0. The number of alkyl halides is 4. The minimum atomic E-state index is -5.10. The Kier molecular flexibility index (Phi) is 5.62. The summed E-state index contributed by atoms with van der Waals surface area (Å²) < 4.78 is 69.7. The number of hydrogen-bond acceptors (Lipinski definition) is 6. The van der Waals surface area contributed by atoms with Gasteiger partial charge < -0.3 is 24.6 Å². The minimum Gasteiger partial charge on any atom is -0.497 e. The number of aliphatic hydroxyl groups is 1. The van der Waals surface area contributed by atoms with E-state index in [0.29, 0.717) is 17.6 Å². The third-order valence-corrected chi connectivity index (χ3v) is 4.50. The molecule has 1 atom stereocenters. The zero-order chi connectivity index (χ0) is 22.1. The third-order valence-electron chi connectivity index (χ3n) is 4.50. The van der Waals surface area contributed by atoms with Crippen molar-refractivity contribution >= 4 is 11.5 Å². The highest BCUT2D eigenvalue weighted by Crippen LogP contribution is 2.47. The molecule has 0 bridgehead atoms. The molecule has 1 heterocycles. The highest BCUT2D eigenvalue weighted by Gasteiger charge is 2.67. The van der Waals surface area contributed by atoms with E-state index in [1.54, 1.807) is 12.1 Å². The Morgan fingerprint density at radius 1 is 1.10 bits per heavy atom. The van der Waals surface area contributed by atoms with Crippen LogP contribution in [0.5, 0.6) is 17.2 Å². The van der Waals surface area contributed by atoms with Crippen molar-refractivity contribution in [3.05, 3.63) is 59.8 Å². The van der Waals surface area contributed by atoms with E-state index in [4.69, 9.17) is 14.2 Å². The van der Waals surface area contributed by atoms with Gasteiger partial charge in [-0.1, -0.05) is 0 Å². The number of anilines is 1. The number of methoxy groups -OCH3 is 2. The van der Waals surface area contributed by atoms with Gasteiger partial charge >= 0.3 is 18.1 Å². The van der Waals surface area contributed by atoms with E-state index >= 15 is 0 Å². The van der Waals surface area contributed by atoms with E-state index in [-0.39, 0.29) is 11.3 Å². The summed E-state index contributed by atoms with van der Waals surface area (Å²) in [5.74, 6) is -10.0. The monoisotopic (exact) mass is 427 g/mol. The van der Waals surface area contributed by atoms with Gasteiger partial charge in [0.1, 0.15) is 17.2 Å². The maximum absolute atomic E-state index is 14.3. The molecule has 0 fully saturated rings. The van der Waals surface area contributed by atoms with Crippen molar-refractivity contribution in [1.82, 2.24) is 0 Å². The van der Waals surface area contributed by atoms with Crippen LogP contribution >= 0.6 is 0 Å². The van der Waals surface area contributed by atoms with Gasteiger partial charge in [0, 0.05) is 18.0 Å². The Labute approximate surface area is 168 Å². The largest absolute Gasteiger partial charge is 0.497 e. The Hall–Kier alpha value is -3.27. The summed E-state index contributed by atoms with van der Waals surface area (Å²) >= 11 is 0. The summed E-state index contributed by atoms with van der Waals surface area (Å²) in [7, 11) is 2.72. The number of hydrogen-bond donors (Lipinski definition) is 2. The van der Waals surface area contributed by atoms with Gasteiger partial charge in [-0.2, -0.15) is 8.78 Å². The second-order valence-corrected chi connectivity index (χ2v) is 6.29. The molecular formula is C20H17F4NO5. The predicted molar refractivity (Wildman–Crippen MR) is 98.6 cm³/mol. The Bertz CT molecular complexity index is 978. The lowest BCUT2D eigenvalue weighted by atomic mass is 9.89. The van der Waals surface area contributed by atoms with E-state index in [1.165, 1.54) is 38.5 Å². The first kappa shape index (κ1) is 21.4. The van der Waals surface area contributed by atoms with Gasteiger partial charge in [0.2, 0.25) is 5.78 Å². The van der Waals surface area contributed by atoms with Gasteiger partial charge in [0.15, 0.2) is 0 Å². The van der Waals surface area contributed by atoms with E-state index in [1.807, 2.05) is 0 Å². The molecule has 0 amide bonds. The van der Waals surface area contributed by atoms with Crippen LogP contribution in [0.15, 0.2) is 54.2 Å². The van der Waals surface area contributed by atoms with Crippen molar-refractivity contribution in [2.24, 2.45) is 0 Å². The molecule has 0 spiro atoms. The zero-order valence-electron chi connectivity index (χ0n) is 15.8. The average molecular weight is 427 g/mol. The second-order valence-electron chi connectivity index (χ2n) is 6.29. The molecular weight excluding hydrogens is 410 g/mol. The molecule has 10 heteroatoms. The van der Waals surface area contributed by atoms with E-state index < -0.39 is 35.2 Å². The van der Waals surface area contributed by atoms with Crippen molar-refractivity contribution in [1.29, 1.82) is 0 Å². The summed E-state index contributed by atoms with van der Waals surface area (Å²) in [6.07, 6.45) is -3.60. The molecule has 1 aliphatic rings. The number of benzene rings is 2. The number of ether oxygens (including phenoxy) is 3. The molecule has 0 saturated heterocycles. The van der Waals surface area contributed by atoms with Crippen LogP contribution in [0.4, 0.5) is 23.2 Å². The number of fused-ring (bicyclic) bond motifs is 1. The molecule has 30 heavy (non-hydrogen) atoms. The van der Waals surface area contributed by atoms with Crippen LogP contribution in [0.1, 0.15) is 10.4 Å². The van der Waals surface area contributed by atoms with Crippen molar-refractivity contribution in [3.8, 4) is 17.2 Å². The molecule has 2 aromatic rings. The summed E-state index contributed by atoms with van der Waals surface area (Å²) in [5.41, 5.74) is -0.964. The molecule has 0 aliphatic carbocycles. The highest BCUT2D eigenvalue weighted by atomic mass is 19.3. The lowest BCUT2D eigenvalue weighted by molar-refractivity contribution is -0.297. The van der Waals surface area contributed by atoms with E-state index in [9.17, 15) is 27.5 Å². The molecule has 3 rings (SSSR count). The van der Waals surface area contributed by atoms with E-state index in [2.05, 4.69) is 5.32 Å². The molecule has 2 N–H and O–H groups in total. The van der Waals surface area contributed by atoms with Crippen LogP contribution < -0.4 is 19.5 Å². The number of halogens is 4. The lowest BCUT2D eigenvalue weighted by Gasteiger charge is -2.39. The Morgan fingerprint density at radius 2 is 1.70 bits per heavy atom. The molecule has 2 aromatic carbocycles. The second kappa shape index (κ2) is 7.86. The van der Waals surface area contributed by atoms with Crippen molar-refractivity contribution in [2.45, 2.75) is 18.1 Å². The SMILES string of the molecule is COc1ccc(N/C=C2\C(=O)c3ccc(OC)cc3OC2(O)C(F)(F)C(F)F)cc1. The number of nitrogens with one attached hydrogen (secondary N) is 1. The first-order chi connectivity index (χ1) is 14.1. The van der Waals surface area contributed by atoms with Crippen molar-refractivity contribution < 1.29 is 41.7 Å². The molecule has 160 valence electrons. The summed E-state index contributed by atoms with van der Waals surface area (Å²) in [4.78, 5) is 12.8. The molecule has 6 nitrogen and oxygen atoms in total. The van der Waals surface area contributed by atoms with Gasteiger partial charge in [0.05, 0.1) is 25.4 Å². The number of carbonyl (C=O) groups is 1. The van der Waals surface area contributed by atoms with E-state index in [0.717, 1.165) is 6.07 Å². The summed E-state index contributed by atoms with van der Waals surface area (Å²) in [5, 5.41) is 13.1. The van der Waals surface area contributed by atoms with Gasteiger partial charge in [-0.3, -0.25) is 4.79 Å². The third kappa shape index (κ3) is 3.54. The van der Waals surface area contributed by atoms with Crippen LogP contribution in [0.3, 0.4) is 0 Å². The maximum atomic E-state index is 14.3. The standard InChI is InChI=1S/C20H17F4NO5/c1-28-12-5-3-11(4-6-12)25-10-15-17(26)14-8-7-13(29-2)9-16(14)30-20(15,27)19(23,24)18(21)22/h3-10,18,25,27H,1-2H3/b15-10+. The van der Waals surface area contributed by atoms with Gasteiger partial charge in [-0.15, -0.1) is 0 Å². The fourth-order valence-corrected chi connectivity index (χ4v) is 2.82. The Balaban J connectivity index is 2.09.